The molecule has 2 atom stereocenters. The molecular formula is C23H25F5NO5P. The fraction of sp³-hybridized carbons (Fsp3) is 0.435. The zero-order valence-corrected chi connectivity index (χ0v) is 20.4. The van der Waals surface area contributed by atoms with Crippen LogP contribution in [0.2, 0.25) is 0 Å². The first-order valence-corrected chi connectivity index (χ1v) is 12.4. The zero-order valence-electron chi connectivity index (χ0n) is 19.5. The maximum atomic E-state index is 14.2. The highest BCUT2D eigenvalue weighted by Gasteiger charge is 2.39. The highest BCUT2D eigenvalue weighted by atomic mass is 31.2. The van der Waals surface area contributed by atoms with Crippen molar-refractivity contribution in [2.75, 3.05) is 0 Å². The van der Waals surface area contributed by atoms with Gasteiger partial charge in [-0.15, -0.1) is 0 Å². The minimum atomic E-state index is -4.96. The first kappa shape index (κ1) is 26.9. The summed E-state index contributed by atoms with van der Waals surface area (Å²) in [6.45, 7) is 7.05. The van der Waals surface area contributed by atoms with Crippen molar-refractivity contribution in [1.29, 1.82) is 0 Å². The quantitative estimate of drug-likeness (QED) is 0.144. The van der Waals surface area contributed by atoms with Gasteiger partial charge >= 0.3 is 13.7 Å². The molecule has 2 aromatic carbocycles. The highest BCUT2D eigenvalue weighted by molar-refractivity contribution is 7.52. The topological polar surface area (TPSA) is 73.9 Å². The Bertz CT molecular complexity index is 1120. The summed E-state index contributed by atoms with van der Waals surface area (Å²) in [7, 11) is -4.96. The third kappa shape index (κ3) is 6.13. The van der Waals surface area contributed by atoms with Crippen molar-refractivity contribution in [3.8, 4) is 11.5 Å². The Morgan fingerprint density at radius 3 is 1.91 bits per heavy atom. The van der Waals surface area contributed by atoms with E-state index in [9.17, 15) is 31.3 Å². The van der Waals surface area contributed by atoms with Crippen LogP contribution in [0.1, 0.15) is 52.5 Å². The van der Waals surface area contributed by atoms with Crippen LogP contribution in [0.3, 0.4) is 0 Å². The minimum absolute atomic E-state index is 0.114. The van der Waals surface area contributed by atoms with E-state index in [0.717, 1.165) is 12.0 Å². The second kappa shape index (κ2) is 10.1. The molecule has 0 heterocycles. The summed E-state index contributed by atoms with van der Waals surface area (Å²) in [4.78, 5) is 12.3. The van der Waals surface area contributed by atoms with Gasteiger partial charge in [0.25, 0.3) is 0 Å². The van der Waals surface area contributed by atoms with Crippen molar-refractivity contribution in [3.63, 3.8) is 0 Å². The van der Waals surface area contributed by atoms with E-state index >= 15 is 0 Å². The lowest BCUT2D eigenvalue weighted by Gasteiger charge is -2.28. The van der Waals surface area contributed by atoms with E-state index in [0.29, 0.717) is 12.8 Å². The number of ether oxygens (including phenoxy) is 1. The van der Waals surface area contributed by atoms with Gasteiger partial charge in [0.15, 0.2) is 0 Å². The van der Waals surface area contributed by atoms with Gasteiger partial charge in [-0.05, 0) is 49.3 Å². The van der Waals surface area contributed by atoms with E-state index in [1.807, 2.05) is 20.8 Å². The number of halogens is 5. The number of carbonyl (C=O) groups excluding carboxylic acids is 1. The number of rotatable bonds is 8. The SMILES string of the molecule is C[C@H](NP(=O)(Oc1ccc(C(C)(C)C)cc1)Oc1c(F)c(F)c(F)c(F)c1F)C(=O)OC1CCC1. The molecule has 1 unspecified atom stereocenters. The fourth-order valence-corrected chi connectivity index (χ4v) is 4.58. The van der Waals surface area contributed by atoms with Crippen LogP contribution in [-0.4, -0.2) is 18.1 Å². The van der Waals surface area contributed by atoms with Crippen molar-refractivity contribution >= 4 is 13.7 Å². The summed E-state index contributed by atoms with van der Waals surface area (Å²) in [5.41, 5.74) is 0.623. The molecule has 1 N–H and O–H groups in total. The Hall–Kier alpha value is -2.65. The Morgan fingerprint density at radius 1 is 0.943 bits per heavy atom. The molecule has 12 heteroatoms. The average Bonchev–Trinajstić information content (AvgIpc) is 2.76. The van der Waals surface area contributed by atoms with Crippen LogP contribution in [0.4, 0.5) is 22.0 Å². The molecular weight excluding hydrogens is 496 g/mol. The highest BCUT2D eigenvalue weighted by Crippen LogP contribution is 2.48. The molecule has 1 fully saturated rings. The lowest BCUT2D eigenvalue weighted by atomic mass is 9.87. The van der Waals surface area contributed by atoms with Gasteiger partial charge < -0.3 is 13.8 Å². The van der Waals surface area contributed by atoms with E-state index < -0.39 is 54.6 Å². The van der Waals surface area contributed by atoms with Crippen molar-refractivity contribution in [1.82, 2.24) is 5.09 Å². The van der Waals surface area contributed by atoms with Gasteiger partial charge in [-0.25, -0.2) is 17.7 Å². The molecule has 0 spiro atoms. The van der Waals surface area contributed by atoms with Crippen LogP contribution in [0.25, 0.3) is 0 Å². The molecule has 0 amide bonds. The van der Waals surface area contributed by atoms with Crippen LogP contribution in [-0.2, 0) is 19.5 Å². The smallest absolute Gasteiger partial charge is 0.461 e. The van der Waals surface area contributed by atoms with Gasteiger partial charge in [0, 0.05) is 0 Å². The summed E-state index contributed by atoms with van der Waals surface area (Å²) in [5.74, 6) is -14.5. The number of nitrogens with one attached hydrogen (secondary N) is 1. The summed E-state index contributed by atoms with van der Waals surface area (Å²) >= 11 is 0. The molecule has 2 aromatic rings. The van der Waals surface area contributed by atoms with E-state index in [4.69, 9.17) is 13.8 Å². The minimum Gasteiger partial charge on any atom is -0.461 e. The second-order valence-electron chi connectivity index (χ2n) is 9.19. The summed E-state index contributed by atoms with van der Waals surface area (Å²) < 4.78 is 98.0. The number of hydrogen-bond acceptors (Lipinski definition) is 5. The average molecular weight is 521 g/mol. The molecule has 0 bridgehead atoms. The van der Waals surface area contributed by atoms with Gasteiger partial charge in [0.05, 0.1) is 0 Å². The molecule has 3 rings (SSSR count). The summed E-state index contributed by atoms with van der Waals surface area (Å²) in [6.07, 6.45) is 1.84. The molecule has 1 aliphatic rings. The number of benzene rings is 2. The number of carbonyl (C=O) groups is 1. The standard InChI is InChI=1S/C23H25F5NO5P/c1-12(22(30)32-14-6-5-7-14)29-35(31,33-15-10-8-13(9-11-15)23(2,3)4)34-21-19(27)17(25)16(24)18(26)20(21)28/h8-12,14H,5-7H2,1-4H3,(H,29,31)/t12-,35?/m0/s1. The maximum absolute atomic E-state index is 14.2. The van der Waals surface area contributed by atoms with Gasteiger partial charge in [0.1, 0.15) is 17.9 Å². The van der Waals surface area contributed by atoms with Gasteiger partial charge in [-0.3, -0.25) is 4.79 Å². The molecule has 1 saturated carbocycles. The number of esters is 1. The van der Waals surface area contributed by atoms with Crippen LogP contribution >= 0.6 is 7.75 Å². The molecule has 0 radical (unpaired) electrons. The van der Waals surface area contributed by atoms with E-state index in [1.165, 1.54) is 19.1 Å². The lowest BCUT2D eigenvalue weighted by Crippen LogP contribution is -2.39. The van der Waals surface area contributed by atoms with Crippen LogP contribution < -0.4 is 14.1 Å². The predicted octanol–water partition coefficient (Wildman–Crippen LogP) is 6.32. The Balaban J connectivity index is 1.93. The third-order valence-electron chi connectivity index (χ3n) is 5.37. The van der Waals surface area contributed by atoms with Crippen molar-refractivity contribution in [2.24, 2.45) is 0 Å². The molecule has 192 valence electrons. The van der Waals surface area contributed by atoms with Crippen LogP contribution in [0.15, 0.2) is 24.3 Å². The first-order chi connectivity index (χ1) is 16.2. The monoisotopic (exact) mass is 521 g/mol. The second-order valence-corrected chi connectivity index (χ2v) is 10.8. The normalized spacial score (nSPS) is 16.7. The van der Waals surface area contributed by atoms with Crippen molar-refractivity contribution in [2.45, 2.75) is 64.5 Å². The Labute approximate surface area is 199 Å². The third-order valence-corrected chi connectivity index (χ3v) is 6.94. The lowest BCUT2D eigenvalue weighted by molar-refractivity contribution is -0.154. The Morgan fingerprint density at radius 2 is 1.46 bits per heavy atom. The van der Waals surface area contributed by atoms with E-state index in [-0.39, 0.29) is 17.3 Å². The Kier molecular flexibility index (Phi) is 7.81. The molecule has 35 heavy (non-hydrogen) atoms. The molecule has 0 saturated heterocycles. The molecule has 1 aliphatic carbocycles. The molecule has 6 nitrogen and oxygen atoms in total. The molecule has 0 aromatic heterocycles. The van der Waals surface area contributed by atoms with Crippen LogP contribution in [0, 0.1) is 29.1 Å². The summed E-state index contributed by atoms with van der Waals surface area (Å²) in [5, 5.41) is 2.16. The fourth-order valence-electron chi connectivity index (χ4n) is 3.06. The number of hydrogen-bond donors (Lipinski definition) is 1. The van der Waals surface area contributed by atoms with Gasteiger partial charge in [-0.1, -0.05) is 32.9 Å². The van der Waals surface area contributed by atoms with Crippen molar-refractivity contribution < 1.29 is 45.1 Å². The molecule has 0 aliphatic heterocycles. The van der Waals surface area contributed by atoms with Gasteiger partial charge in [0.2, 0.25) is 34.8 Å². The predicted molar refractivity (Wildman–Crippen MR) is 117 cm³/mol. The summed E-state index contributed by atoms with van der Waals surface area (Å²) in [6, 6.07) is 4.65. The maximum Gasteiger partial charge on any atom is 0.513 e. The van der Waals surface area contributed by atoms with Crippen LogP contribution in [0.5, 0.6) is 11.5 Å². The van der Waals surface area contributed by atoms with Gasteiger partial charge in [-0.2, -0.15) is 13.9 Å². The van der Waals surface area contributed by atoms with Crippen molar-refractivity contribution in [3.05, 3.63) is 58.9 Å². The zero-order chi connectivity index (χ0) is 26.1. The largest absolute Gasteiger partial charge is 0.513 e. The first-order valence-electron chi connectivity index (χ1n) is 10.8. The van der Waals surface area contributed by atoms with E-state index in [2.05, 4.69) is 5.09 Å². The van der Waals surface area contributed by atoms with E-state index in [1.54, 1.807) is 12.1 Å².